The van der Waals surface area contributed by atoms with Crippen molar-refractivity contribution in [1.29, 1.82) is 0 Å². The molecule has 0 unspecified atom stereocenters. The Balaban J connectivity index is 2.35. The molecule has 0 spiro atoms. The van der Waals surface area contributed by atoms with Crippen molar-refractivity contribution in [3.63, 3.8) is 0 Å². The van der Waals surface area contributed by atoms with Gasteiger partial charge in [-0.15, -0.1) is 0 Å². The maximum absolute atomic E-state index is 12.1. The van der Waals surface area contributed by atoms with Gasteiger partial charge in [0.15, 0.2) is 0 Å². The van der Waals surface area contributed by atoms with Gasteiger partial charge in [0.25, 0.3) is 10.0 Å². The van der Waals surface area contributed by atoms with Gasteiger partial charge in [0.1, 0.15) is 5.82 Å². The summed E-state index contributed by atoms with van der Waals surface area (Å²) in [5, 5.41) is 0.222. The maximum atomic E-state index is 12.1. The van der Waals surface area contributed by atoms with Gasteiger partial charge >= 0.3 is 0 Å². The van der Waals surface area contributed by atoms with Crippen LogP contribution in [0.4, 0.5) is 11.5 Å². The van der Waals surface area contributed by atoms with E-state index in [9.17, 15) is 8.42 Å². The van der Waals surface area contributed by atoms with Crippen molar-refractivity contribution < 1.29 is 8.42 Å². The lowest BCUT2D eigenvalue weighted by molar-refractivity contribution is 0.601. The zero-order valence-corrected chi connectivity index (χ0v) is 11.7. The molecule has 1 heterocycles. The molecule has 0 radical (unpaired) electrons. The molecule has 0 amide bonds. The van der Waals surface area contributed by atoms with Gasteiger partial charge in [-0.05, 0) is 35.9 Å². The van der Waals surface area contributed by atoms with Crippen molar-refractivity contribution in [3.8, 4) is 0 Å². The van der Waals surface area contributed by atoms with Gasteiger partial charge in [-0.3, -0.25) is 4.72 Å². The number of nitrogens with one attached hydrogen (secondary N) is 1. The number of nitrogens with two attached hydrogens (primary N) is 1. The summed E-state index contributed by atoms with van der Waals surface area (Å²) in [6.07, 6.45) is 1.34. The summed E-state index contributed by atoms with van der Waals surface area (Å²) in [4.78, 5) is 7.36. The van der Waals surface area contributed by atoms with Crippen LogP contribution in [0.3, 0.4) is 0 Å². The fraction of sp³-hybridized carbons (Fsp3) is 0. The highest BCUT2D eigenvalue weighted by Crippen LogP contribution is 2.23. The van der Waals surface area contributed by atoms with Crippen LogP contribution >= 0.6 is 23.2 Å². The number of halogens is 2. The lowest BCUT2D eigenvalue weighted by Crippen LogP contribution is -2.14. The predicted molar refractivity (Wildman–Crippen MR) is 73.7 cm³/mol. The Kier molecular flexibility index (Phi) is 3.79. The first-order chi connectivity index (χ1) is 8.88. The van der Waals surface area contributed by atoms with E-state index in [2.05, 4.69) is 14.7 Å². The molecule has 2 aromatic rings. The summed E-state index contributed by atoms with van der Waals surface area (Å²) in [7, 11) is -3.81. The molecule has 0 aliphatic rings. The molecule has 0 bridgehead atoms. The quantitative estimate of drug-likeness (QED) is 0.667. The Labute approximate surface area is 119 Å². The van der Waals surface area contributed by atoms with E-state index in [0.717, 1.165) is 0 Å². The molecule has 0 aliphatic heterocycles. The number of sulfonamides is 1. The zero-order valence-electron chi connectivity index (χ0n) is 9.34. The third kappa shape index (κ3) is 3.25. The zero-order chi connectivity index (χ0) is 14.0. The molecule has 19 heavy (non-hydrogen) atoms. The smallest absolute Gasteiger partial charge is 0.263 e. The van der Waals surface area contributed by atoms with Crippen molar-refractivity contribution >= 4 is 44.7 Å². The van der Waals surface area contributed by atoms with Crippen molar-refractivity contribution in [2.45, 2.75) is 4.90 Å². The van der Waals surface area contributed by atoms with Crippen LogP contribution in [0.5, 0.6) is 0 Å². The third-order valence-corrected chi connectivity index (χ3v) is 4.02. The number of nitrogen functional groups attached to an aromatic ring is 1. The largest absolute Gasteiger partial charge is 0.397 e. The van der Waals surface area contributed by atoms with Crippen molar-refractivity contribution in [1.82, 2.24) is 9.97 Å². The number of hydrogen-bond donors (Lipinski definition) is 2. The van der Waals surface area contributed by atoms with Crippen LogP contribution in [0.15, 0.2) is 35.4 Å². The fourth-order valence-electron chi connectivity index (χ4n) is 1.28. The van der Waals surface area contributed by atoms with Crippen molar-refractivity contribution in [2.24, 2.45) is 0 Å². The normalized spacial score (nSPS) is 11.3. The van der Waals surface area contributed by atoms with Gasteiger partial charge in [-0.1, -0.05) is 11.6 Å². The molecule has 0 saturated carbocycles. The lowest BCUT2D eigenvalue weighted by Gasteiger charge is -2.08. The van der Waals surface area contributed by atoms with E-state index in [0.29, 0.717) is 0 Å². The second kappa shape index (κ2) is 5.20. The molecule has 0 fully saturated rings. The minimum Gasteiger partial charge on any atom is -0.397 e. The third-order valence-electron chi connectivity index (χ3n) is 2.14. The molecular formula is C10H8Cl2N4O2S. The Morgan fingerprint density at radius 2 is 1.95 bits per heavy atom. The Morgan fingerprint density at radius 3 is 2.58 bits per heavy atom. The monoisotopic (exact) mass is 318 g/mol. The molecular weight excluding hydrogens is 311 g/mol. The molecule has 2 rings (SSSR count). The number of benzene rings is 1. The maximum Gasteiger partial charge on any atom is 0.263 e. The number of anilines is 2. The average molecular weight is 319 g/mol. The minimum atomic E-state index is -3.81. The first kappa shape index (κ1) is 13.9. The van der Waals surface area contributed by atoms with E-state index >= 15 is 0 Å². The topological polar surface area (TPSA) is 98.0 Å². The highest BCUT2D eigenvalue weighted by molar-refractivity contribution is 7.92. The van der Waals surface area contributed by atoms with Gasteiger partial charge in [0, 0.05) is 6.20 Å². The van der Waals surface area contributed by atoms with Crippen LogP contribution in [0.25, 0.3) is 0 Å². The Hall–Kier alpha value is -1.57. The number of hydrogen-bond acceptors (Lipinski definition) is 5. The first-order valence-corrected chi connectivity index (χ1v) is 7.19. The van der Waals surface area contributed by atoms with Gasteiger partial charge in [-0.2, -0.15) is 4.98 Å². The highest BCUT2D eigenvalue weighted by atomic mass is 35.5. The summed E-state index contributed by atoms with van der Waals surface area (Å²) in [5.74, 6) is 0.0634. The summed E-state index contributed by atoms with van der Waals surface area (Å²) in [5.41, 5.74) is 5.74. The molecule has 1 aromatic carbocycles. The number of nitrogens with zero attached hydrogens (tertiary/aromatic N) is 2. The van der Waals surface area contributed by atoms with E-state index in [1.807, 2.05) is 0 Å². The standard InChI is InChI=1S/C10H8Cl2N4O2S/c11-7-2-1-6(5-8(7)13)19(17,18)16-9-3-4-14-10(12)15-9/h1-5H,13H2,(H,14,15,16). The van der Waals surface area contributed by atoms with E-state index in [4.69, 9.17) is 28.9 Å². The van der Waals surface area contributed by atoms with Crippen LogP contribution in [0.2, 0.25) is 10.3 Å². The number of aromatic nitrogens is 2. The van der Waals surface area contributed by atoms with Crippen LogP contribution < -0.4 is 10.5 Å². The van der Waals surface area contributed by atoms with Crippen LogP contribution in [-0.4, -0.2) is 18.4 Å². The minimum absolute atomic E-state index is 0.0239. The van der Waals surface area contributed by atoms with Crippen molar-refractivity contribution in [2.75, 3.05) is 10.5 Å². The van der Waals surface area contributed by atoms with Crippen LogP contribution in [0.1, 0.15) is 0 Å². The number of rotatable bonds is 3. The van der Waals surface area contributed by atoms with Gasteiger partial charge in [-0.25, -0.2) is 13.4 Å². The molecule has 3 N–H and O–H groups in total. The fourth-order valence-corrected chi connectivity index (χ4v) is 2.58. The van der Waals surface area contributed by atoms with Gasteiger partial charge in [0.2, 0.25) is 5.28 Å². The molecule has 1 aromatic heterocycles. The summed E-state index contributed by atoms with van der Waals surface area (Å²) >= 11 is 11.3. The molecule has 0 atom stereocenters. The van der Waals surface area contributed by atoms with Gasteiger partial charge < -0.3 is 5.73 Å². The molecule has 0 saturated heterocycles. The van der Waals surface area contributed by atoms with E-state index in [1.54, 1.807) is 0 Å². The second-order valence-electron chi connectivity index (χ2n) is 3.50. The predicted octanol–water partition coefficient (Wildman–Crippen LogP) is 2.17. The summed E-state index contributed by atoms with van der Waals surface area (Å²) in [6, 6.07) is 5.37. The first-order valence-electron chi connectivity index (χ1n) is 4.95. The highest BCUT2D eigenvalue weighted by Gasteiger charge is 2.16. The van der Waals surface area contributed by atoms with Gasteiger partial charge in [0.05, 0.1) is 15.6 Å². The van der Waals surface area contributed by atoms with E-state index in [1.165, 1.54) is 30.5 Å². The summed E-state index contributed by atoms with van der Waals surface area (Å²) in [6.45, 7) is 0. The van der Waals surface area contributed by atoms with E-state index in [-0.39, 0.29) is 26.7 Å². The molecule has 9 heteroatoms. The second-order valence-corrected chi connectivity index (χ2v) is 5.93. The Morgan fingerprint density at radius 1 is 1.21 bits per heavy atom. The molecule has 100 valence electrons. The van der Waals surface area contributed by atoms with E-state index < -0.39 is 10.0 Å². The average Bonchev–Trinajstić information content (AvgIpc) is 2.32. The van der Waals surface area contributed by atoms with Crippen LogP contribution in [0, 0.1) is 0 Å². The SMILES string of the molecule is Nc1cc(S(=O)(=O)Nc2ccnc(Cl)n2)ccc1Cl. The van der Waals surface area contributed by atoms with Crippen molar-refractivity contribution in [3.05, 3.63) is 40.8 Å². The molecule has 0 aliphatic carbocycles. The Bertz CT molecular complexity index is 721. The lowest BCUT2D eigenvalue weighted by atomic mass is 10.3. The molecule has 6 nitrogen and oxygen atoms in total. The van der Waals surface area contributed by atoms with Crippen LogP contribution in [-0.2, 0) is 10.0 Å². The summed E-state index contributed by atoms with van der Waals surface area (Å²) < 4.78 is 26.4.